The normalized spacial score (nSPS) is 13.5. The number of carbonyl (C=O) groups excluding carboxylic acids is 3. The van der Waals surface area contributed by atoms with E-state index < -0.39 is 11.8 Å². The molecule has 166 valence electrons. The summed E-state index contributed by atoms with van der Waals surface area (Å²) in [5.41, 5.74) is 2.57. The van der Waals surface area contributed by atoms with Crippen LogP contribution in [-0.4, -0.2) is 29.2 Å². The molecule has 4 rings (SSSR count). The maximum atomic E-state index is 12.9. The molecule has 0 bridgehead atoms. The van der Waals surface area contributed by atoms with Crippen molar-refractivity contribution in [1.29, 1.82) is 0 Å². The van der Waals surface area contributed by atoms with Gasteiger partial charge in [-0.15, -0.1) is 0 Å². The van der Waals surface area contributed by atoms with Crippen LogP contribution < -0.4 is 10.6 Å². The smallest absolute Gasteiger partial charge is 0.278 e. The standard InChI is InChI=1S/C25H19ClIN3O3/c26-21-22(25(33)30(24(21)32)14-13-16-5-2-1-3-6-16)28-20-8-4-7-17(15-20)23(31)29-19-11-9-18(27)10-12-19/h1-12,15,28H,13-14H2,(H,29,31). The monoisotopic (exact) mass is 571 g/mol. The molecule has 1 aliphatic heterocycles. The van der Waals surface area contributed by atoms with Gasteiger partial charge in [-0.2, -0.15) is 0 Å². The quantitative estimate of drug-likeness (QED) is 0.309. The molecule has 0 unspecified atom stereocenters. The second-order valence-electron chi connectivity index (χ2n) is 7.35. The van der Waals surface area contributed by atoms with Crippen LogP contribution in [0.4, 0.5) is 11.4 Å². The highest BCUT2D eigenvalue weighted by molar-refractivity contribution is 14.1. The first-order valence-electron chi connectivity index (χ1n) is 10.2. The number of halogens is 2. The molecule has 3 amide bonds. The summed E-state index contributed by atoms with van der Waals surface area (Å²) in [6, 6.07) is 23.7. The predicted molar refractivity (Wildman–Crippen MR) is 137 cm³/mol. The molecule has 8 heteroatoms. The molecular weight excluding hydrogens is 553 g/mol. The number of hydrogen-bond donors (Lipinski definition) is 2. The number of anilines is 2. The summed E-state index contributed by atoms with van der Waals surface area (Å²) >= 11 is 8.39. The molecule has 1 aliphatic rings. The zero-order chi connectivity index (χ0) is 23.4. The highest BCUT2D eigenvalue weighted by Crippen LogP contribution is 2.26. The molecule has 0 saturated heterocycles. The van der Waals surface area contributed by atoms with Gasteiger partial charge in [0.1, 0.15) is 10.7 Å². The van der Waals surface area contributed by atoms with Crippen molar-refractivity contribution >= 4 is 63.3 Å². The average molecular weight is 572 g/mol. The van der Waals surface area contributed by atoms with E-state index in [0.717, 1.165) is 14.0 Å². The number of nitrogens with one attached hydrogen (secondary N) is 2. The summed E-state index contributed by atoms with van der Waals surface area (Å²) < 4.78 is 1.07. The lowest BCUT2D eigenvalue weighted by molar-refractivity contribution is -0.137. The van der Waals surface area contributed by atoms with Gasteiger partial charge in [-0.3, -0.25) is 19.3 Å². The lowest BCUT2D eigenvalue weighted by Gasteiger charge is -2.15. The molecule has 0 spiro atoms. The van der Waals surface area contributed by atoms with Crippen LogP contribution in [0.25, 0.3) is 0 Å². The number of rotatable bonds is 7. The Morgan fingerprint density at radius 2 is 1.61 bits per heavy atom. The molecule has 0 atom stereocenters. The topological polar surface area (TPSA) is 78.5 Å². The van der Waals surface area contributed by atoms with Gasteiger partial charge < -0.3 is 10.6 Å². The molecule has 2 N–H and O–H groups in total. The maximum absolute atomic E-state index is 12.9. The molecule has 0 aliphatic carbocycles. The van der Waals surface area contributed by atoms with E-state index in [4.69, 9.17) is 11.6 Å². The van der Waals surface area contributed by atoms with E-state index in [2.05, 4.69) is 33.2 Å². The first-order valence-corrected chi connectivity index (χ1v) is 11.6. The molecular formula is C25H19ClIN3O3. The van der Waals surface area contributed by atoms with Gasteiger partial charge in [0.15, 0.2) is 0 Å². The van der Waals surface area contributed by atoms with Gasteiger partial charge >= 0.3 is 0 Å². The van der Waals surface area contributed by atoms with E-state index in [0.29, 0.717) is 23.4 Å². The average Bonchev–Trinajstić information content (AvgIpc) is 3.03. The van der Waals surface area contributed by atoms with E-state index in [1.807, 2.05) is 54.6 Å². The van der Waals surface area contributed by atoms with Crippen molar-refractivity contribution in [2.45, 2.75) is 6.42 Å². The molecule has 1 heterocycles. The van der Waals surface area contributed by atoms with Gasteiger partial charge in [0.05, 0.1) is 0 Å². The lowest BCUT2D eigenvalue weighted by atomic mass is 10.1. The third kappa shape index (κ3) is 5.43. The third-order valence-corrected chi connectivity index (χ3v) is 6.14. The van der Waals surface area contributed by atoms with E-state index >= 15 is 0 Å². The zero-order valence-corrected chi connectivity index (χ0v) is 20.3. The molecule has 3 aromatic rings. The molecule has 0 radical (unpaired) electrons. The number of amides is 3. The SMILES string of the molecule is O=C(Nc1ccc(I)cc1)c1cccc(NC2=C(Cl)C(=O)N(CCc3ccccc3)C2=O)c1. The number of nitrogens with zero attached hydrogens (tertiary/aromatic N) is 1. The minimum Gasteiger partial charge on any atom is -0.350 e. The molecule has 0 fully saturated rings. The van der Waals surface area contributed by atoms with Crippen LogP contribution in [0.5, 0.6) is 0 Å². The Morgan fingerprint density at radius 3 is 2.33 bits per heavy atom. The van der Waals surface area contributed by atoms with Gasteiger partial charge in [-0.1, -0.05) is 48.0 Å². The fraction of sp³-hybridized carbons (Fsp3) is 0.0800. The summed E-state index contributed by atoms with van der Waals surface area (Å²) in [7, 11) is 0. The Balaban J connectivity index is 1.44. The Morgan fingerprint density at radius 1 is 0.879 bits per heavy atom. The summed E-state index contributed by atoms with van der Waals surface area (Å²) in [6.07, 6.45) is 0.532. The van der Waals surface area contributed by atoms with E-state index in [1.165, 1.54) is 0 Å². The number of carbonyl (C=O) groups is 3. The molecule has 0 saturated carbocycles. The highest BCUT2D eigenvalue weighted by atomic mass is 127. The Bertz CT molecular complexity index is 1240. The summed E-state index contributed by atoms with van der Waals surface area (Å²) in [6.45, 7) is 0.224. The molecule has 0 aromatic heterocycles. The van der Waals surface area contributed by atoms with Crippen molar-refractivity contribution in [1.82, 2.24) is 4.90 Å². The van der Waals surface area contributed by atoms with Gasteiger partial charge in [-0.25, -0.2) is 0 Å². The van der Waals surface area contributed by atoms with Crippen molar-refractivity contribution in [2.75, 3.05) is 17.2 Å². The zero-order valence-electron chi connectivity index (χ0n) is 17.3. The third-order valence-electron chi connectivity index (χ3n) is 5.07. The number of hydrogen-bond acceptors (Lipinski definition) is 4. The molecule has 3 aromatic carbocycles. The van der Waals surface area contributed by atoms with Crippen LogP contribution in [0.1, 0.15) is 15.9 Å². The fourth-order valence-corrected chi connectivity index (χ4v) is 3.95. The van der Waals surface area contributed by atoms with Gasteiger partial charge in [0, 0.05) is 27.1 Å². The number of benzene rings is 3. The van der Waals surface area contributed by atoms with Gasteiger partial charge in [0.2, 0.25) is 0 Å². The van der Waals surface area contributed by atoms with Crippen LogP contribution >= 0.6 is 34.2 Å². The Kier molecular flexibility index (Phi) is 7.10. The minimum absolute atomic E-state index is 0.00456. The van der Waals surface area contributed by atoms with Crippen molar-refractivity contribution < 1.29 is 14.4 Å². The van der Waals surface area contributed by atoms with E-state index in [9.17, 15) is 14.4 Å². The second-order valence-corrected chi connectivity index (χ2v) is 8.98. The largest absolute Gasteiger partial charge is 0.350 e. The summed E-state index contributed by atoms with van der Waals surface area (Å²) in [4.78, 5) is 39.2. The Labute approximate surface area is 209 Å². The van der Waals surface area contributed by atoms with E-state index in [-0.39, 0.29) is 23.2 Å². The fourth-order valence-electron chi connectivity index (χ4n) is 3.36. The Hall–Kier alpha value is -3.17. The van der Waals surface area contributed by atoms with Crippen molar-refractivity contribution in [3.8, 4) is 0 Å². The van der Waals surface area contributed by atoms with Crippen molar-refractivity contribution in [3.63, 3.8) is 0 Å². The van der Waals surface area contributed by atoms with Crippen LogP contribution in [0.15, 0.2) is 89.6 Å². The first kappa shape index (κ1) is 23.0. The molecule has 6 nitrogen and oxygen atoms in total. The first-order chi connectivity index (χ1) is 15.9. The maximum Gasteiger partial charge on any atom is 0.278 e. The van der Waals surface area contributed by atoms with Crippen LogP contribution in [0.2, 0.25) is 0 Å². The van der Waals surface area contributed by atoms with Crippen molar-refractivity contribution in [3.05, 3.63) is 104 Å². The summed E-state index contributed by atoms with van der Waals surface area (Å²) in [5.74, 6) is -1.32. The van der Waals surface area contributed by atoms with Gasteiger partial charge in [0.25, 0.3) is 17.7 Å². The van der Waals surface area contributed by atoms with Crippen LogP contribution in [0, 0.1) is 3.57 Å². The second kappa shape index (κ2) is 10.2. The minimum atomic E-state index is -0.535. The van der Waals surface area contributed by atoms with E-state index in [1.54, 1.807) is 24.3 Å². The summed E-state index contributed by atoms with van der Waals surface area (Å²) in [5, 5.41) is 5.59. The molecule has 33 heavy (non-hydrogen) atoms. The van der Waals surface area contributed by atoms with Gasteiger partial charge in [-0.05, 0) is 77.0 Å². The lowest BCUT2D eigenvalue weighted by Crippen LogP contribution is -2.34. The van der Waals surface area contributed by atoms with Crippen LogP contribution in [-0.2, 0) is 16.0 Å². The number of imide groups is 1. The predicted octanol–water partition coefficient (Wildman–Crippen LogP) is 5.02. The highest BCUT2D eigenvalue weighted by Gasteiger charge is 2.37. The van der Waals surface area contributed by atoms with Crippen molar-refractivity contribution in [2.24, 2.45) is 0 Å². The van der Waals surface area contributed by atoms with Crippen LogP contribution in [0.3, 0.4) is 0 Å².